The minimum atomic E-state index is 0.00846. The topological polar surface area (TPSA) is 59.1 Å². The zero-order chi connectivity index (χ0) is 12.8. The molecular weight excluding hydrogens is 228 g/mol. The van der Waals surface area contributed by atoms with E-state index in [2.05, 4.69) is 27.5 Å². The first-order valence-electron chi connectivity index (χ1n) is 6.63. The molecule has 1 aliphatic carbocycles. The van der Waals surface area contributed by atoms with Crippen molar-refractivity contribution in [3.05, 3.63) is 12.4 Å². The Labute approximate surface area is 108 Å². The van der Waals surface area contributed by atoms with Crippen LogP contribution in [0.25, 0.3) is 0 Å². The maximum absolute atomic E-state index is 5.56. The fourth-order valence-corrected chi connectivity index (χ4v) is 2.07. The number of nitrogens with one attached hydrogen (secondary N) is 2. The monoisotopic (exact) mass is 250 g/mol. The highest BCUT2D eigenvalue weighted by Gasteiger charge is 2.36. The molecule has 0 aromatic carbocycles. The van der Waals surface area contributed by atoms with Crippen molar-refractivity contribution in [2.24, 2.45) is 0 Å². The van der Waals surface area contributed by atoms with Crippen LogP contribution >= 0.6 is 0 Å². The zero-order valence-corrected chi connectivity index (χ0v) is 11.2. The third kappa shape index (κ3) is 3.10. The van der Waals surface area contributed by atoms with E-state index in [-0.39, 0.29) is 5.60 Å². The molecule has 1 aromatic rings. The van der Waals surface area contributed by atoms with Gasteiger partial charge in [0, 0.05) is 20.2 Å². The molecule has 0 bridgehead atoms. The van der Waals surface area contributed by atoms with Gasteiger partial charge in [-0.3, -0.25) is 4.98 Å². The van der Waals surface area contributed by atoms with Crippen molar-refractivity contribution in [3.63, 3.8) is 0 Å². The minimum absolute atomic E-state index is 0.00846. The lowest BCUT2D eigenvalue weighted by Crippen LogP contribution is -2.45. The summed E-state index contributed by atoms with van der Waals surface area (Å²) < 4.78 is 5.56. The Morgan fingerprint density at radius 2 is 2.00 bits per heavy atom. The molecule has 0 saturated heterocycles. The van der Waals surface area contributed by atoms with Crippen molar-refractivity contribution < 1.29 is 4.74 Å². The fraction of sp³-hybridized carbons (Fsp3) is 0.692. The summed E-state index contributed by atoms with van der Waals surface area (Å²) in [6.07, 6.45) is 8.07. The van der Waals surface area contributed by atoms with Gasteiger partial charge in [0.05, 0.1) is 18.0 Å². The standard InChI is InChI=1S/C13H22N4O/c1-3-7-15-11-8-14-9-12(17-11)16-10-13(18-2)5-4-6-13/h8-9H,3-7,10H2,1-2H3,(H2,15,16,17). The van der Waals surface area contributed by atoms with Crippen LogP contribution in [0.1, 0.15) is 32.6 Å². The van der Waals surface area contributed by atoms with E-state index in [1.54, 1.807) is 19.5 Å². The van der Waals surface area contributed by atoms with Crippen LogP contribution in [-0.4, -0.2) is 35.8 Å². The Morgan fingerprint density at radius 3 is 2.56 bits per heavy atom. The van der Waals surface area contributed by atoms with E-state index in [1.165, 1.54) is 6.42 Å². The number of ether oxygens (including phenoxy) is 1. The molecule has 18 heavy (non-hydrogen) atoms. The van der Waals surface area contributed by atoms with Gasteiger partial charge in [0.1, 0.15) is 11.6 Å². The molecule has 2 N–H and O–H groups in total. The molecule has 1 heterocycles. The number of aromatic nitrogens is 2. The van der Waals surface area contributed by atoms with Crippen molar-refractivity contribution >= 4 is 11.6 Å². The highest BCUT2D eigenvalue weighted by molar-refractivity contribution is 5.41. The third-order valence-electron chi connectivity index (χ3n) is 3.48. The normalized spacial score (nSPS) is 17.0. The second-order valence-electron chi connectivity index (χ2n) is 4.81. The van der Waals surface area contributed by atoms with Crippen LogP contribution in [0, 0.1) is 0 Å². The highest BCUT2D eigenvalue weighted by Crippen LogP contribution is 2.34. The molecule has 1 aliphatic rings. The van der Waals surface area contributed by atoms with Crippen LogP contribution in [-0.2, 0) is 4.74 Å². The highest BCUT2D eigenvalue weighted by atomic mass is 16.5. The zero-order valence-electron chi connectivity index (χ0n) is 11.2. The van der Waals surface area contributed by atoms with Crippen molar-refractivity contribution in [2.75, 3.05) is 30.8 Å². The van der Waals surface area contributed by atoms with Crippen LogP contribution < -0.4 is 10.6 Å². The Bertz CT molecular complexity index is 373. The number of anilines is 2. The maximum atomic E-state index is 5.56. The minimum Gasteiger partial charge on any atom is -0.376 e. The summed E-state index contributed by atoms with van der Waals surface area (Å²) in [7, 11) is 1.78. The second-order valence-corrected chi connectivity index (χ2v) is 4.81. The molecule has 5 nitrogen and oxygen atoms in total. The van der Waals surface area contributed by atoms with Gasteiger partial charge in [-0.15, -0.1) is 0 Å². The van der Waals surface area contributed by atoms with Gasteiger partial charge in [-0.1, -0.05) is 6.92 Å². The SMILES string of the molecule is CCCNc1cncc(NCC2(OC)CCC2)n1. The predicted molar refractivity (Wildman–Crippen MR) is 72.9 cm³/mol. The Kier molecular flexibility index (Phi) is 4.36. The van der Waals surface area contributed by atoms with Crippen LogP contribution in [0.15, 0.2) is 12.4 Å². The molecule has 0 unspecified atom stereocenters. The Hall–Kier alpha value is -1.36. The largest absolute Gasteiger partial charge is 0.376 e. The van der Waals surface area contributed by atoms with Gasteiger partial charge in [-0.2, -0.15) is 0 Å². The van der Waals surface area contributed by atoms with Crippen molar-refractivity contribution in [1.82, 2.24) is 9.97 Å². The van der Waals surface area contributed by atoms with E-state index >= 15 is 0 Å². The van der Waals surface area contributed by atoms with Gasteiger partial charge < -0.3 is 15.4 Å². The van der Waals surface area contributed by atoms with Gasteiger partial charge in [0.15, 0.2) is 0 Å². The van der Waals surface area contributed by atoms with Gasteiger partial charge in [-0.05, 0) is 25.7 Å². The van der Waals surface area contributed by atoms with E-state index < -0.39 is 0 Å². The first kappa shape index (κ1) is 13.1. The summed E-state index contributed by atoms with van der Waals surface area (Å²) in [4.78, 5) is 8.65. The quantitative estimate of drug-likeness (QED) is 0.777. The molecule has 0 radical (unpaired) electrons. The summed E-state index contributed by atoms with van der Waals surface area (Å²) in [5.74, 6) is 1.63. The summed E-state index contributed by atoms with van der Waals surface area (Å²) in [6, 6.07) is 0. The summed E-state index contributed by atoms with van der Waals surface area (Å²) in [6.45, 7) is 3.84. The number of hydrogen-bond acceptors (Lipinski definition) is 5. The molecular formula is C13H22N4O. The molecule has 100 valence electrons. The molecule has 0 spiro atoms. The summed E-state index contributed by atoms with van der Waals surface area (Å²) in [5.41, 5.74) is 0.00846. The van der Waals surface area contributed by atoms with E-state index in [4.69, 9.17) is 4.74 Å². The average molecular weight is 250 g/mol. The number of rotatable bonds is 7. The van der Waals surface area contributed by atoms with Crippen LogP contribution in [0.4, 0.5) is 11.6 Å². The smallest absolute Gasteiger partial charge is 0.147 e. The van der Waals surface area contributed by atoms with Crippen molar-refractivity contribution in [1.29, 1.82) is 0 Å². The van der Waals surface area contributed by atoms with Gasteiger partial charge in [-0.25, -0.2) is 4.98 Å². The van der Waals surface area contributed by atoms with Crippen molar-refractivity contribution in [2.45, 2.75) is 38.2 Å². The molecule has 1 fully saturated rings. The molecule has 5 heteroatoms. The third-order valence-corrected chi connectivity index (χ3v) is 3.48. The van der Waals surface area contributed by atoms with Crippen LogP contribution in [0.3, 0.4) is 0 Å². The molecule has 2 rings (SSSR count). The fourth-order valence-electron chi connectivity index (χ4n) is 2.07. The van der Waals surface area contributed by atoms with Crippen molar-refractivity contribution in [3.8, 4) is 0 Å². The predicted octanol–water partition coefficient (Wildman–Crippen LogP) is 2.28. The van der Waals surface area contributed by atoms with Crippen LogP contribution in [0.2, 0.25) is 0 Å². The lowest BCUT2D eigenvalue weighted by Gasteiger charge is -2.40. The van der Waals surface area contributed by atoms with E-state index in [1.807, 2.05) is 0 Å². The molecule has 0 amide bonds. The lowest BCUT2D eigenvalue weighted by molar-refractivity contribution is -0.0601. The molecule has 1 aromatic heterocycles. The number of nitrogens with zero attached hydrogens (tertiary/aromatic N) is 2. The number of hydrogen-bond donors (Lipinski definition) is 2. The van der Waals surface area contributed by atoms with E-state index in [0.29, 0.717) is 0 Å². The Balaban J connectivity index is 1.88. The van der Waals surface area contributed by atoms with Gasteiger partial charge >= 0.3 is 0 Å². The molecule has 0 atom stereocenters. The van der Waals surface area contributed by atoms with Crippen LogP contribution in [0.5, 0.6) is 0 Å². The summed E-state index contributed by atoms with van der Waals surface area (Å²) in [5, 5.41) is 6.55. The first-order chi connectivity index (χ1) is 8.78. The second kappa shape index (κ2) is 6.00. The average Bonchev–Trinajstić information content (AvgIpc) is 2.36. The molecule has 0 aliphatic heterocycles. The first-order valence-corrected chi connectivity index (χ1v) is 6.63. The van der Waals surface area contributed by atoms with Gasteiger partial charge in [0.25, 0.3) is 0 Å². The maximum Gasteiger partial charge on any atom is 0.147 e. The lowest BCUT2D eigenvalue weighted by atomic mass is 9.80. The van der Waals surface area contributed by atoms with Gasteiger partial charge in [0.2, 0.25) is 0 Å². The number of methoxy groups -OCH3 is 1. The molecule has 1 saturated carbocycles. The van der Waals surface area contributed by atoms with E-state index in [9.17, 15) is 0 Å². The van der Waals surface area contributed by atoms with E-state index in [0.717, 1.165) is 44.0 Å². The summed E-state index contributed by atoms with van der Waals surface area (Å²) >= 11 is 0. The Morgan fingerprint density at radius 1 is 1.28 bits per heavy atom.